The number of methoxy groups -OCH3 is 2. The lowest BCUT2D eigenvalue weighted by Gasteiger charge is -2.21. The molecule has 0 saturated heterocycles. The maximum absolute atomic E-state index is 11.4. The maximum atomic E-state index is 11.4. The molecule has 0 fully saturated rings. The predicted molar refractivity (Wildman–Crippen MR) is 107 cm³/mol. The molecule has 2 aromatic heterocycles. The van der Waals surface area contributed by atoms with Crippen molar-refractivity contribution in [1.82, 2.24) is 9.97 Å². The first-order chi connectivity index (χ1) is 12.8. The molecular weight excluding hydrogens is 386 g/mol. The van der Waals surface area contributed by atoms with Crippen LogP contribution < -0.4 is 5.73 Å². The zero-order valence-electron chi connectivity index (χ0n) is 15.5. The molecule has 2 heterocycles. The first-order valence-electron chi connectivity index (χ1n) is 8.04. The molecule has 1 amide bonds. The summed E-state index contributed by atoms with van der Waals surface area (Å²) < 4.78 is 10.7. The average molecular weight is 408 g/mol. The van der Waals surface area contributed by atoms with Gasteiger partial charge in [-0.25, -0.2) is 9.97 Å². The molecule has 0 aliphatic carbocycles. The summed E-state index contributed by atoms with van der Waals surface area (Å²) in [6.07, 6.45) is 4.60. The van der Waals surface area contributed by atoms with Gasteiger partial charge in [-0.05, 0) is 6.08 Å². The lowest BCUT2D eigenvalue weighted by atomic mass is 10.0. The third-order valence-corrected chi connectivity index (χ3v) is 5.56. The van der Waals surface area contributed by atoms with Crippen LogP contribution in [0.15, 0.2) is 28.7 Å². The SMILES string of the molecule is CO/C(=C/C(N)=O)[C@H](C)[C@H](/C=C/c1csc(-c2csc(C(C)=O)n2)n1)OC. The van der Waals surface area contributed by atoms with Gasteiger partial charge >= 0.3 is 0 Å². The standard InChI is InChI=1S/C18H21N3O4S2/c1-10(15(25-4)7-16(19)23)14(24-3)6-5-12-8-26-18(20-12)13-9-27-17(21-13)11(2)22/h5-10,14H,1-4H3,(H2,19,23)/b6-5+,15-7+/t10-,14+/m1/s1. The number of nitrogens with two attached hydrogens (primary N) is 1. The summed E-state index contributed by atoms with van der Waals surface area (Å²) in [4.78, 5) is 31.3. The fourth-order valence-corrected chi connectivity index (χ4v) is 3.86. The van der Waals surface area contributed by atoms with Crippen molar-refractivity contribution in [2.75, 3.05) is 14.2 Å². The predicted octanol–water partition coefficient (Wildman–Crippen LogP) is 3.15. The van der Waals surface area contributed by atoms with Gasteiger partial charge in [0.25, 0.3) is 0 Å². The van der Waals surface area contributed by atoms with Gasteiger partial charge in [0.05, 0.1) is 18.9 Å². The van der Waals surface area contributed by atoms with Crippen molar-refractivity contribution in [2.45, 2.75) is 20.0 Å². The van der Waals surface area contributed by atoms with Gasteiger partial charge in [0.15, 0.2) is 10.8 Å². The Labute approximate surface area is 165 Å². The van der Waals surface area contributed by atoms with Crippen LogP contribution in [0, 0.1) is 5.92 Å². The second-order valence-corrected chi connectivity index (χ2v) is 7.39. The second kappa shape index (κ2) is 9.54. The van der Waals surface area contributed by atoms with E-state index >= 15 is 0 Å². The molecule has 27 heavy (non-hydrogen) atoms. The quantitative estimate of drug-likeness (QED) is 0.389. The summed E-state index contributed by atoms with van der Waals surface area (Å²) in [6, 6.07) is 0. The number of primary amides is 1. The fraction of sp³-hybridized carbons (Fsp3) is 0.333. The molecule has 2 atom stereocenters. The molecule has 0 aromatic carbocycles. The van der Waals surface area contributed by atoms with Crippen LogP contribution >= 0.6 is 22.7 Å². The molecule has 9 heteroatoms. The Bertz CT molecular complexity index is 870. The highest BCUT2D eigenvalue weighted by molar-refractivity contribution is 7.14. The van der Waals surface area contributed by atoms with E-state index in [9.17, 15) is 9.59 Å². The molecule has 2 N–H and O–H groups in total. The highest BCUT2D eigenvalue weighted by atomic mass is 32.1. The van der Waals surface area contributed by atoms with Gasteiger partial charge in [0.2, 0.25) is 5.91 Å². The maximum Gasteiger partial charge on any atom is 0.244 e. The zero-order chi connectivity index (χ0) is 20.0. The normalized spacial score (nSPS) is 14.3. The largest absolute Gasteiger partial charge is 0.501 e. The molecule has 7 nitrogen and oxygen atoms in total. The minimum Gasteiger partial charge on any atom is -0.501 e. The van der Waals surface area contributed by atoms with Crippen molar-refractivity contribution in [1.29, 1.82) is 0 Å². The molecule has 144 valence electrons. The van der Waals surface area contributed by atoms with E-state index in [0.717, 1.165) is 10.7 Å². The first kappa shape index (κ1) is 20.9. The van der Waals surface area contributed by atoms with Gasteiger partial charge < -0.3 is 15.2 Å². The van der Waals surface area contributed by atoms with Crippen molar-refractivity contribution in [3.63, 3.8) is 0 Å². The van der Waals surface area contributed by atoms with Gasteiger partial charge in [-0.2, -0.15) is 0 Å². The molecule has 0 radical (unpaired) electrons. The smallest absolute Gasteiger partial charge is 0.244 e. The third-order valence-electron chi connectivity index (χ3n) is 3.74. The number of carbonyl (C=O) groups excluding carboxylic acids is 2. The van der Waals surface area contributed by atoms with Gasteiger partial charge in [0, 0.05) is 36.8 Å². The van der Waals surface area contributed by atoms with Crippen molar-refractivity contribution >= 4 is 40.4 Å². The molecule has 0 saturated carbocycles. The minimum absolute atomic E-state index is 0.0576. The first-order valence-corrected chi connectivity index (χ1v) is 9.80. The molecule has 0 unspecified atom stereocenters. The van der Waals surface area contributed by atoms with E-state index in [1.165, 1.54) is 42.8 Å². The molecule has 0 aliphatic heterocycles. The van der Waals surface area contributed by atoms with Gasteiger partial charge in [-0.3, -0.25) is 9.59 Å². The summed E-state index contributed by atoms with van der Waals surface area (Å²) in [6.45, 7) is 3.37. The number of hydrogen-bond donors (Lipinski definition) is 1. The Kier molecular flexibility index (Phi) is 7.40. The van der Waals surface area contributed by atoms with Crippen LogP contribution in [0.5, 0.6) is 0 Å². The van der Waals surface area contributed by atoms with Crippen molar-refractivity contribution in [2.24, 2.45) is 11.7 Å². The summed E-state index contributed by atoms with van der Waals surface area (Å²) in [5.74, 6) is -0.400. The number of rotatable bonds is 9. The van der Waals surface area contributed by atoms with E-state index in [4.69, 9.17) is 15.2 Å². The van der Waals surface area contributed by atoms with Gasteiger partial charge in [-0.15, -0.1) is 22.7 Å². The fourth-order valence-electron chi connectivity index (χ4n) is 2.34. The molecule has 0 bridgehead atoms. The van der Waals surface area contributed by atoms with Crippen LogP contribution in [0.2, 0.25) is 0 Å². The van der Waals surface area contributed by atoms with Crippen LogP contribution in [0.3, 0.4) is 0 Å². The second-order valence-electron chi connectivity index (χ2n) is 5.67. The molecule has 2 rings (SSSR count). The van der Waals surface area contributed by atoms with Crippen molar-refractivity contribution < 1.29 is 19.1 Å². The van der Waals surface area contributed by atoms with E-state index in [-0.39, 0.29) is 17.8 Å². The monoisotopic (exact) mass is 407 g/mol. The summed E-state index contributed by atoms with van der Waals surface area (Å²) in [5, 5.41) is 4.93. The Morgan fingerprint density at radius 2 is 1.96 bits per heavy atom. The third kappa shape index (κ3) is 5.56. The van der Waals surface area contributed by atoms with E-state index in [1.54, 1.807) is 7.11 Å². The number of ether oxygens (including phenoxy) is 2. The number of nitrogens with zero attached hydrogens (tertiary/aromatic N) is 2. The molecule has 0 aliphatic rings. The topological polar surface area (TPSA) is 104 Å². The number of Topliss-reactive ketones (excluding diaryl/α,β-unsaturated/α-hetero) is 1. The van der Waals surface area contributed by atoms with Crippen molar-refractivity contribution in [3.8, 4) is 10.7 Å². The number of hydrogen-bond acceptors (Lipinski definition) is 8. The Balaban J connectivity index is 2.15. The number of ketones is 1. The number of amides is 1. The number of thiazole rings is 2. The van der Waals surface area contributed by atoms with E-state index in [1.807, 2.05) is 29.8 Å². The van der Waals surface area contributed by atoms with Crippen LogP contribution in [0.4, 0.5) is 0 Å². The summed E-state index contributed by atoms with van der Waals surface area (Å²) >= 11 is 2.76. The Morgan fingerprint density at radius 3 is 2.52 bits per heavy atom. The van der Waals surface area contributed by atoms with E-state index < -0.39 is 5.91 Å². The lowest BCUT2D eigenvalue weighted by Crippen LogP contribution is -2.22. The highest BCUT2D eigenvalue weighted by Crippen LogP contribution is 2.26. The zero-order valence-corrected chi connectivity index (χ0v) is 17.1. The molecule has 2 aromatic rings. The van der Waals surface area contributed by atoms with E-state index in [2.05, 4.69) is 9.97 Å². The van der Waals surface area contributed by atoms with Crippen LogP contribution in [0.1, 0.15) is 29.3 Å². The van der Waals surface area contributed by atoms with Crippen LogP contribution in [-0.2, 0) is 14.3 Å². The van der Waals surface area contributed by atoms with Gasteiger partial charge in [-0.1, -0.05) is 13.0 Å². The lowest BCUT2D eigenvalue weighted by molar-refractivity contribution is -0.113. The van der Waals surface area contributed by atoms with Crippen LogP contribution in [-0.4, -0.2) is 42.0 Å². The number of carbonyl (C=O) groups is 2. The minimum atomic E-state index is -0.574. The van der Waals surface area contributed by atoms with Crippen LogP contribution in [0.25, 0.3) is 16.8 Å². The van der Waals surface area contributed by atoms with Gasteiger partial charge in [0.1, 0.15) is 16.5 Å². The average Bonchev–Trinajstić information content (AvgIpc) is 3.28. The molecular formula is C18H21N3O4S2. The number of aromatic nitrogens is 2. The Morgan fingerprint density at radius 1 is 1.22 bits per heavy atom. The Hall–Kier alpha value is -2.36. The highest BCUT2D eigenvalue weighted by Gasteiger charge is 2.20. The summed E-state index contributed by atoms with van der Waals surface area (Å²) in [5.41, 5.74) is 6.64. The van der Waals surface area contributed by atoms with E-state index in [0.29, 0.717) is 16.5 Å². The molecule has 0 spiro atoms. The summed E-state index contributed by atoms with van der Waals surface area (Å²) in [7, 11) is 3.06. The van der Waals surface area contributed by atoms with Crippen molar-refractivity contribution in [3.05, 3.63) is 39.4 Å².